The third-order valence-corrected chi connectivity index (χ3v) is 5.39. The number of thiophene rings is 1. The lowest BCUT2D eigenvalue weighted by atomic mass is 10.3. The average Bonchev–Trinajstić information content (AvgIpc) is 2.80. The molecule has 2 rings (SSSR count). The van der Waals surface area contributed by atoms with Crippen molar-refractivity contribution < 1.29 is 18.3 Å². The van der Waals surface area contributed by atoms with Crippen molar-refractivity contribution in [3.05, 3.63) is 16.3 Å². The van der Waals surface area contributed by atoms with Crippen LogP contribution < -0.4 is 4.72 Å². The van der Waals surface area contributed by atoms with Gasteiger partial charge in [-0.1, -0.05) is 13.3 Å². The van der Waals surface area contributed by atoms with Crippen LogP contribution in [0.25, 0.3) is 0 Å². The van der Waals surface area contributed by atoms with E-state index in [-0.39, 0.29) is 15.8 Å². The quantitative estimate of drug-likeness (QED) is 0.853. The van der Waals surface area contributed by atoms with Crippen molar-refractivity contribution in [2.24, 2.45) is 5.92 Å². The molecule has 17 heavy (non-hydrogen) atoms. The molecule has 7 heteroatoms. The molecule has 0 aromatic carbocycles. The minimum Gasteiger partial charge on any atom is -0.477 e. The Labute approximate surface area is 104 Å². The molecule has 1 fully saturated rings. The van der Waals surface area contributed by atoms with Crippen LogP contribution in [0, 0.1) is 5.92 Å². The summed E-state index contributed by atoms with van der Waals surface area (Å²) >= 11 is 0.920. The van der Waals surface area contributed by atoms with Gasteiger partial charge in [0.2, 0.25) is 10.0 Å². The molecular formula is C10H13NO4S2. The van der Waals surface area contributed by atoms with Crippen LogP contribution in [0.1, 0.15) is 29.4 Å². The van der Waals surface area contributed by atoms with Gasteiger partial charge < -0.3 is 5.11 Å². The van der Waals surface area contributed by atoms with Gasteiger partial charge in [0.25, 0.3) is 0 Å². The maximum Gasteiger partial charge on any atom is 0.345 e. The van der Waals surface area contributed by atoms with Crippen LogP contribution in [-0.2, 0) is 10.0 Å². The summed E-state index contributed by atoms with van der Waals surface area (Å²) in [6.07, 6.45) is 1.82. The van der Waals surface area contributed by atoms with E-state index in [1.54, 1.807) is 0 Å². The fraction of sp³-hybridized carbons (Fsp3) is 0.500. The zero-order chi connectivity index (χ0) is 12.6. The molecular weight excluding hydrogens is 262 g/mol. The van der Waals surface area contributed by atoms with Crippen LogP contribution in [0.3, 0.4) is 0 Å². The van der Waals surface area contributed by atoms with Crippen molar-refractivity contribution in [3.63, 3.8) is 0 Å². The molecule has 1 heterocycles. The molecule has 1 aliphatic carbocycles. The number of carboxylic acids is 1. The first kappa shape index (κ1) is 12.5. The van der Waals surface area contributed by atoms with E-state index in [1.807, 2.05) is 6.92 Å². The van der Waals surface area contributed by atoms with E-state index in [0.717, 1.165) is 24.2 Å². The van der Waals surface area contributed by atoms with Gasteiger partial charge in [0.05, 0.1) is 4.90 Å². The summed E-state index contributed by atoms with van der Waals surface area (Å²) in [5.74, 6) is -0.684. The van der Waals surface area contributed by atoms with E-state index in [0.29, 0.717) is 5.92 Å². The highest BCUT2D eigenvalue weighted by molar-refractivity contribution is 7.89. The van der Waals surface area contributed by atoms with Gasteiger partial charge in [-0.2, -0.15) is 0 Å². The van der Waals surface area contributed by atoms with Crippen LogP contribution in [0.5, 0.6) is 0 Å². The molecule has 1 aromatic rings. The maximum atomic E-state index is 11.9. The highest BCUT2D eigenvalue weighted by Crippen LogP contribution is 2.34. The summed E-state index contributed by atoms with van der Waals surface area (Å²) < 4.78 is 26.4. The second kappa shape index (κ2) is 4.40. The Morgan fingerprint density at radius 3 is 2.82 bits per heavy atom. The largest absolute Gasteiger partial charge is 0.477 e. The van der Waals surface area contributed by atoms with Crippen molar-refractivity contribution >= 4 is 27.3 Å². The van der Waals surface area contributed by atoms with E-state index in [2.05, 4.69) is 4.72 Å². The molecule has 0 radical (unpaired) electrons. The molecule has 0 amide bonds. The number of sulfonamides is 1. The van der Waals surface area contributed by atoms with Crippen molar-refractivity contribution in [3.8, 4) is 0 Å². The van der Waals surface area contributed by atoms with Crippen LogP contribution >= 0.6 is 11.3 Å². The van der Waals surface area contributed by atoms with Gasteiger partial charge in [-0.25, -0.2) is 17.9 Å². The van der Waals surface area contributed by atoms with Crippen molar-refractivity contribution in [1.82, 2.24) is 4.72 Å². The Morgan fingerprint density at radius 1 is 1.65 bits per heavy atom. The highest BCUT2D eigenvalue weighted by atomic mass is 32.2. The normalized spacial score (nSPS) is 23.6. The third kappa shape index (κ3) is 2.67. The number of nitrogens with one attached hydrogen (secondary N) is 1. The summed E-state index contributed by atoms with van der Waals surface area (Å²) in [4.78, 5) is 10.7. The van der Waals surface area contributed by atoms with Crippen LogP contribution in [0.2, 0.25) is 0 Å². The minimum atomic E-state index is -3.56. The van der Waals surface area contributed by atoms with Gasteiger partial charge in [0, 0.05) is 11.4 Å². The number of carbonyl (C=O) groups is 1. The first-order valence-corrected chi connectivity index (χ1v) is 7.64. The summed E-state index contributed by atoms with van der Waals surface area (Å²) in [5, 5.41) is 10.1. The zero-order valence-corrected chi connectivity index (χ0v) is 10.8. The smallest absolute Gasteiger partial charge is 0.345 e. The Kier molecular flexibility index (Phi) is 3.24. The molecule has 1 aliphatic rings. The van der Waals surface area contributed by atoms with Gasteiger partial charge in [-0.05, 0) is 18.4 Å². The monoisotopic (exact) mass is 275 g/mol. The molecule has 0 bridgehead atoms. The molecule has 5 nitrogen and oxygen atoms in total. The van der Waals surface area contributed by atoms with Crippen LogP contribution in [0.4, 0.5) is 0 Å². The highest BCUT2D eigenvalue weighted by Gasteiger charge is 2.38. The fourth-order valence-corrected chi connectivity index (χ4v) is 4.11. The van der Waals surface area contributed by atoms with E-state index < -0.39 is 16.0 Å². The second-order valence-corrected chi connectivity index (χ2v) is 6.71. The molecule has 2 N–H and O–H groups in total. The van der Waals surface area contributed by atoms with E-state index >= 15 is 0 Å². The molecule has 0 saturated heterocycles. The lowest BCUT2D eigenvalue weighted by Gasteiger charge is -2.03. The number of carboxylic acid groups (broad SMARTS) is 1. The molecule has 0 spiro atoms. The maximum absolute atomic E-state index is 11.9. The Balaban J connectivity index is 2.12. The lowest BCUT2D eigenvalue weighted by molar-refractivity contribution is 0.0702. The van der Waals surface area contributed by atoms with Gasteiger partial charge in [-0.15, -0.1) is 11.3 Å². The van der Waals surface area contributed by atoms with Crippen LogP contribution in [0.15, 0.2) is 16.3 Å². The average molecular weight is 275 g/mol. The third-order valence-electron chi connectivity index (χ3n) is 2.85. The van der Waals surface area contributed by atoms with Crippen LogP contribution in [-0.4, -0.2) is 25.5 Å². The standard InChI is InChI=1S/C10H13NO4S2/c1-2-6-3-8(6)11-17(14,15)7-4-9(10(12)13)16-5-7/h4-6,8,11H,2-3H2,1H3,(H,12,13). The SMILES string of the molecule is CCC1CC1NS(=O)(=O)c1csc(C(=O)O)c1. The van der Waals surface area contributed by atoms with Gasteiger partial charge in [0.15, 0.2) is 0 Å². The zero-order valence-electron chi connectivity index (χ0n) is 9.21. The molecule has 1 aromatic heterocycles. The summed E-state index contributed by atoms with van der Waals surface area (Å²) in [6, 6.07) is 1.21. The first-order chi connectivity index (χ1) is 7.94. The molecule has 2 unspecified atom stereocenters. The Bertz CT molecular complexity index is 534. The lowest BCUT2D eigenvalue weighted by Crippen LogP contribution is -2.26. The van der Waals surface area contributed by atoms with Crippen molar-refractivity contribution in [2.75, 3.05) is 0 Å². The minimum absolute atomic E-state index is 0.0122. The predicted molar refractivity (Wildman–Crippen MR) is 63.8 cm³/mol. The Hall–Kier alpha value is -0.920. The van der Waals surface area contributed by atoms with E-state index in [9.17, 15) is 13.2 Å². The molecule has 2 atom stereocenters. The number of hydrogen-bond acceptors (Lipinski definition) is 4. The summed E-state index contributed by atoms with van der Waals surface area (Å²) in [5.41, 5.74) is 0. The van der Waals surface area contributed by atoms with E-state index in [4.69, 9.17) is 5.11 Å². The topological polar surface area (TPSA) is 83.5 Å². The second-order valence-electron chi connectivity index (χ2n) is 4.08. The molecule has 94 valence electrons. The summed E-state index contributed by atoms with van der Waals surface area (Å²) in [6.45, 7) is 2.02. The molecule has 1 saturated carbocycles. The fourth-order valence-electron chi connectivity index (χ4n) is 1.68. The van der Waals surface area contributed by atoms with Gasteiger partial charge in [-0.3, -0.25) is 0 Å². The Morgan fingerprint density at radius 2 is 2.35 bits per heavy atom. The van der Waals surface area contributed by atoms with Gasteiger partial charge in [0.1, 0.15) is 4.88 Å². The predicted octanol–water partition coefficient (Wildman–Crippen LogP) is 1.52. The van der Waals surface area contributed by atoms with Gasteiger partial charge >= 0.3 is 5.97 Å². The summed E-state index contributed by atoms with van der Waals surface area (Å²) in [7, 11) is -3.56. The van der Waals surface area contributed by atoms with Crippen molar-refractivity contribution in [2.45, 2.75) is 30.7 Å². The number of hydrogen-bond donors (Lipinski definition) is 2. The van der Waals surface area contributed by atoms with E-state index in [1.165, 1.54) is 11.4 Å². The first-order valence-electron chi connectivity index (χ1n) is 5.28. The number of rotatable bonds is 5. The van der Waals surface area contributed by atoms with Crippen molar-refractivity contribution in [1.29, 1.82) is 0 Å². The number of aromatic carboxylic acids is 1. The molecule has 0 aliphatic heterocycles.